The SMILES string of the molecule is C=C(F)/C(Cl)=C\C=C/CCC.CC(C)C.O=COc1cn(CCO)c2nc(CCCO)ccc2c1=O. The van der Waals surface area contributed by atoms with Crippen LogP contribution < -0.4 is 10.2 Å². The average molecular weight is 525 g/mol. The number of aliphatic hydroxyl groups is 2. The Balaban J connectivity index is 0.000000686. The fourth-order valence-electron chi connectivity index (χ4n) is 2.60. The molecule has 0 bridgehead atoms. The van der Waals surface area contributed by atoms with E-state index in [4.69, 9.17) is 21.8 Å². The number of unbranched alkanes of at least 4 members (excludes halogenated alkanes) is 1. The van der Waals surface area contributed by atoms with Gasteiger partial charge >= 0.3 is 0 Å². The molecular weight excluding hydrogens is 487 g/mol. The van der Waals surface area contributed by atoms with Crippen molar-refractivity contribution >= 4 is 29.1 Å². The minimum absolute atomic E-state index is 0.0648. The molecule has 0 aliphatic rings. The standard InChI is InChI=1S/C14H16N2O5.C9H12ClF.C4H10/c17-6-1-2-10-3-4-11-13(20)12(21-9-19)8-16(5-7-18)14(11)15-10;1-3-4-5-6-7-9(10)8(2)11;1-4(2)3/h3-4,8-9,17-18H,1-2,5-7H2;5-7H,2-4H2,1H3;4H,1-3H3/b;6-5-,9-7+;. The van der Waals surface area contributed by atoms with E-state index in [0.29, 0.717) is 23.9 Å². The number of allylic oxidation sites excluding steroid dienone is 5. The zero-order chi connectivity index (χ0) is 27.5. The fourth-order valence-corrected chi connectivity index (χ4v) is 2.67. The molecule has 0 saturated heterocycles. The Bertz CT molecular complexity index is 1060. The summed E-state index contributed by atoms with van der Waals surface area (Å²) < 4.78 is 18.4. The first-order valence-corrected chi connectivity index (χ1v) is 12.2. The van der Waals surface area contributed by atoms with Crippen molar-refractivity contribution in [1.29, 1.82) is 0 Å². The number of ether oxygens (including phenoxy) is 1. The molecule has 2 aromatic heterocycles. The van der Waals surface area contributed by atoms with Crippen molar-refractivity contribution in [3.8, 4) is 5.75 Å². The molecule has 2 N–H and O–H groups in total. The molecule has 7 nitrogen and oxygen atoms in total. The largest absolute Gasteiger partial charge is 0.423 e. The number of fused-ring (bicyclic) bond motifs is 1. The highest BCUT2D eigenvalue weighted by molar-refractivity contribution is 6.31. The smallest absolute Gasteiger partial charge is 0.298 e. The third-order valence-electron chi connectivity index (χ3n) is 4.15. The van der Waals surface area contributed by atoms with Gasteiger partial charge in [-0.3, -0.25) is 9.59 Å². The first-order valence-electron chi connectivity index (χ1n) is 11.8. The van der Waals surface area contributed by atoms with Crippen molar-refractivity contribution in [3.05, 3.63) is 69.9 Å². The summed E-state index contributed by atoms with van der Waals surface area (Å²) in [5.41, 5.74) is 0.738. The maximum atomic E-state index is 12.2. The number of halogens is 2. The van der Waals surface area contributed by atoms with Gasteiger partial charge in [0, 0.05) is 18.8 Å². The third kappa shape index (κ3) is 13.3. The van der Waals surface area contributed by atoms with Crippen LogP contribution in [0, 0.1) is 5.92 Å². The van der Waals surface area contributed by atoms with Gasteiger partial charge in [0.25, 0.3) is 6.47 Å². The Morgan fingerprint density at radius 2 is 1.94 bits per heavy atom. The van der Waals surface area contributed by atoms with E-state index in [-0.39, 0.29) is 37.0 Å². The van der Waals surface area contributed by atoms with Gasteiger partial charge in [-0.2, -0.15) is 0 Å². The van der Waals surface area contributed by atoms with Gasteiger partial charge in [-0.15, -0.1) is 0 Å². The second-order valence-electron chi connectivity index (χ2n) is 8.32. The van der Waals surface area contributed by atoms with Gasteiger partial charge in [0.05, 0.1) is 23.2 Å². The molecule has 0 aromatic carbocycles. The van der Waals surface area contributed by atoms with E-state index in [0.717, 1.165) is 24.5 Å². The molecule has 9 heteroatoms. The summed E-state index contributed by atoms with van der Waals surface area (Å²) in [7, 11) is 0. The zero-order valence-corrected chi connectivity index (χ0v) is 22.3. The third-order valence-corrected chi connectivity index (χ3v) is 4.48. The number of hydrogen-bond acceptors (Lipinski definition) is 6. The minimum Gasteiger partial charge on any atom is -0.423 e. The predicted octanol–water partition coefficient (Wildman–Crippen LogP) is 5.46. The lowest BCUT2D eigenvalue weighted by molar-refractivity contribution is -0.120. The summed E-state index contributed by atoms with van der Waals surface area (Å²) in [5, 5.41) is 18.3. The molecule has 0 unspecified atom stereocenters. The number of aryl methyl sites for hydroxylation is 1. The number of rotatable bonds is 11. The first kappa shape index (κ1) is 33.2. The van der Waals surface area contributed by atoms with Gasteiger partial charge < -0.3 is 19.5 Å². The molecule has 0 spiro atoms. The highest BCUT2D eigenvalue weighted by Crippen LogP contribution is 2.15. The fraction of sp³-hybridized carbons (Fsp3) is 0.444. The summed E-state index contributed by atoms with van der Waals surface area (Å²) >= 11 is 5.43. The maximum absolute atomic E-state index is 12.2. The lowest BCUT2D eigenvalue weighted by atomic mass is 10.2. The highest BCUT2D eigenvalue weighted by Gasteiger charge is 2.12. The second kappa shape index (κ2) is 19.4. The van der Waals surface area contributed by atoms with Crippen LogP contribution >= 0.6 is 11.6 Å². The van der Waals surface area contributed by atoms with Crippen LogP contribution in [0.1, 0.15) is 52.7 Å². The van der Waals surface area contributed by atoms with Crippen LogP contribution in [0.3, 0.4) is 0 Å². The van der Waals surface area contributed by atoms with Crippen LogP contribution in [-0.4, -0.2) is 39.5 Å². The molecule has 0 amide bonds. The van der Waals surface area contributed by atoms with Crippen molar-refractivity contribution in [2.24, 2.45) is 5.92 Å². The summed E-state index contributed by atoms with van der Waals surface area (Å²) in [4.78, 5) is 27.0. The second-order valence-corrected chi connectivity index (χ2v) is 8.73. The van der Waals surface area contributed by atoms with E-state index in [2.05, 4.69) is 44.0 Å². The molecule has 0 radical (unpaired) electrons. The topological polar surface area (TPSA) is 102 Å². The van der Waals surface area contributed by atoms with Gasteiger partial charge in [-0.25, -0.2) is 9.37 Å². The number of aromatic nitrogens is 2. The monoisotopic (exact) mass is 524 g/mol. The van der Waals surface area contributed by atoms with Crippen LogP contribution in [0.5, 0.6) is 5.75 Å². The normalized spacial score (nSPS) is 11.1. The van der Waals surface area contributed by atoms with Crippen molar-refractivity contribution in [2.45, 2.75) is 59.9 Å². The summed E-state index contributed by atoms with van der Waals surface area (Å²) in [5.74, 6) is 0.142. The Labute approximate surface area is 217 Å². The number of nitrogens with zero attached hydrogens (tertiary/aromatic N) is 2. The van der Waals surface area contributed by atoms with E-state index in [1.54, 1.807) is 22.8 Å². The number of aliphatic hydroxyl groups excluding tert-OH is 2. The summed E-state index contributed by atoms with van der Waals surface area (Å²) in [6.45, 7) is 12.0. The Morgan fingerprint density at radius 3 is 2.47 bits per heavy atom. The molecule has 0 atom stereocenters. The summed E-state index contributed by atoms with van der Waals surface area (Å²) in [6, 6.07) is 3.32. The molecule has 2 aromatic rings. The molecule has 0 aliphatic carbocycles. The Hall–Kier alpha value is -2.81. The molecule has 2 rings (SSSR count). The average Bonchev–Trinajstić information content (AvgIpc) is 2.83. The molecule has 36 heavy (non-hydrogen) atoms. The molecular formula is C27H38ClFN2O5. The van der Waals surface area contributed by atoms with Crippen LogP contribution in [0.2, 0.25) is 0 Å². The van der Waals surface area contributed by atoms with Gasteiger partial charge in [-0.05, 0) is 43.4 Å². The van der Waals surface area contributed by atoms with Crippen molar-refractivity contribution in [3.63, 3.8) is 0 Å². The number of pyridine rings is 2. The minimum atomic E-state index is -0.590. The van der Waals surface area contributed by atoms with E-state index in [1.165, 1.54) is 12.3 Å². The first-order chi connectivity index (χ1) is 17.1. The highest BCUT2D eigenvalue weighted by atomic mass is 35.5. The predicted molar refractivity (Wildman–Crippen MR) is 144 cm³/mol. The Kier molecular flexibility index (Phi) is 17.9. The van der Waals surface area contributed by atoms with E-state index in [9.17, 15) is 14.0 Å². The van der Waals surface area contributed by atoms with Gasteiger partial charge in [-0.1, -0.05) is 64.4 Å². The molecule has 0 fully saturated rings. The number of hydrogen-bond donors (Lipinski definition) is 2. The quantitative estimate of drug-likeness (QED) is 0.299. The van der Waals surface area contributed by atoms with Crippen molar-refractivity contribution in [2.75, 3.05) is 13.2 Å². The van der Waals surface area contributed by atoms with Crippen LogP contribution in [0.4, 0.5) is 4.39 Å². The summed E-state index contributed by atoms with van der Waals surface area (Å²) in [6.07, 6.45) is 9.76. The molecule has 0 saturated carbocycles. The van der Waals surface area contributed by atoms with Gasteiger partial charge in [0.1, 0.15) is 11.5 Å². The van der Waals surface area contributed by atoms with Crippen LogP contribution in [0.15, 0.2) is 58.8 Å². The van der Waals surface area contributed by atoms with Crippen LogP contribution in [-0.2, 0) is 17.8 Å². The van der Waals surface area contributed by atoms with Gasteiger partial charge in [0.15, 0.2) is 5.75 Å². The molecule has 0 aliphatic heterocycles. The molecule has 2 heterocycles. The number of carbonyl (C=O) groups excluding carboxylic acids is 1. The van der Waals surface area contributed by atoms with E-state index >= 15 is 0 Å². The molecule has 200 valence electrons. The lowest BCUT2D eigenvalue weighted by Crippen LogP contribution is -2.15. The Morgan fingerprint density at radius 1 is 1.28 bits per heavy atom. The van der Waals surface area contributed by atoms with E-state index < -0.39 is 11.3 Å². The van der Waals surface area contributed by atoms with Gasteiger partial charge in [0.2, 0.25) is 5.43 Å². The van der Waals surface area contributed by atoms with Crippen LogP contribution in [0.25, 0.3) is 11.0 Å². The zero-order valence-electron chi connectivity index (χ0n) is 21.5. The van der Waals surface area contributed by atoms with Crippen molar-refractivity contribution in [1.82, 2.24) is 9.55 Å². The van der Waals surface area contributed by atoms with Crippen molar-refractivity contribution < 1.29 is 24.1 Å². The van der Waals surface area contributed by atoms with E-state index in [1.807, 2.05) is 6.08 Å². The number of carbonyl (C=O) groups is 1. The maximum Gasteiger partial charge on any atom is 0.298 e. The lowest BCUT2D eigenvalue weighted by Gasteiger charge is -2.11.